The van der Waals surface area contributed by atoms with E-state index in [1.165, 1.54) is 0 Å². The average Bonchev–Trinajstić information content (AvgIpc) is 2.67. The molecule has 1 aromatic heterocycles. The van der Waals surface area contributed by atoms with Crippen molar-refractivity contribution in [2.75, 3.05) is 5.73 Å². The molecule has 96 valence electrons. The van der Waals surface area contributed by atoms with Crippen LogP contribution < -0.4 is 5.73 Å². The lowest BCUT2D eigenvalue weighted by atomic mass is 10.2. The molecule has 19 heavy (non-hydrogen) atoms. The van der Waals surface area contributed by atoms with Crippen LogP contribution in [0.2, 0.25) is 5.02 Å². The van der Waals surface area contributed by atoms with Crippen LogP contribution >= 0.6 is 11.6 Å². The number of hydrogen-bond donors (Lipinski definition) is 1. The Hall–Kier alpha value is -1.93. The van der Waals surface area contributed by atoms with Crippen LogP contribution in [0.3, 0.4) is 0 Å². The fourth-order valence-corrected chi connectivity index (χ4v) is 2.65. The predicted octanol–water partition coefficient (Wildman–Crippen LogP) is 4.23. The van der Waals surface area contributed by atoms with Crippen LogP contribution in [0.4, 0.5) is 5.69 Å². The summed E-state index contributed by atoms with van der Waals surface area (Å²) in [6.45, 7) is 2.79. The van der Waals surface area contributed by atoms with Crippen LogP contribution in [0.15, 0.2) is 48.5 Å². The molecule has 2 nitrogen and oxygen atoms in total. The number of benzene rings is 2. The molecule has 0 aliphatic rings. The van der Waals surface area contributed by atoms with E-state index in [-0.39, 0.29) is 0 Å². The van der Waals surface area contributed by atoms with E-state index in [0.29, 0.717) is 0 Å². The van der Waals surface area contributed by atoms with Gasteiger partial charge in [0.05, 0.1) is 11.2 Å². The highest BCUT2D eigenvalue weighted by Crippen LogP contribution is 2.29. The first kappa shape index (κ1) is 12.1. The third-order valence-corrected chi connectivity index (χ3v) is 3.93. The molecule has 2 aromatic carbocycles. The standard InChI is InChI=1S/C16H15ClN2/c1-11-16(18)13-7-3-5-9-15(13)19(11)10-12-6-2-4-8-14(12)17/h2-9H,10,18H2,1H3. The lowest BCUT2D eigenvalue weighted by molar-refractivity contribution is 0.807. The smallest absolute Gasteiger partial charge is 0.0604 e. The van der Waals surface area contributed by atoms with Gasteiger partial charge in [0.15, 0.2) is 0 Å². The fourth-order valence-electron chi connectivity index (χ4n) is 2.46. The molecule has 0 saturated carbocycles. The maximum absolute atomic E-state index is 6.24. The van der Waals surface area contributed by atoms with Crippen molar-refractivity contribution in [3.63, 3.8) is 0 Å². The Morgan fingerprint density at radius 3 is 2.53 bits per heavy atom. The molecule has 0 radical (unpaired) electrons. The number of nitrogens with two attached hydrogens (primary N) is 1. The second-order valence-electron chi connectivity index (χ2n) is 4.69. The van der Waals surface area contributed by atoms with Crippen molar-refractivity contribution in [1.29, 1.82) is 0 Å². The number of para-hydroxylation sites is 1. The zero-order valence-corrected chi connectivity index (χ0v) is 11.5. The van der Waals surface area contributed by atoms with E-state index < -0.39 is 0 Å². The van der Waals surface area contributed by atoms with Gasteiger partial charge in [0.2, 0.25) is 0 Å². The van der Waals surface area contributed by atoms with E-state index in [0.717, 1.165) is 39.4 Å². The number of aromatic nitrogens is 1. The normalized spacial score (nSPS) is 11.1. The predicted molar refractivity (Wildman–Crippen MR) is 81.6 cm³/mol. The highest BCUT2D eigenvalue weighted by atomic mass is 35.5. The van der Waals surface area contributed by atoms with Crippen molar-refractivity contribution in [1.82, 2.24) is 4.57 Å². The molecule has 3 aromatic rings. The maximum atomic E-state index is 6.24. The quantitative estimate of drug-likeness (QED) is 0.742. The molecule has 1 heterocycles. The topological polar surface area (TPSA) is 30.9 Å². The number of halogens is 1. The highest BCUT2D eigenvalue weighted by Gasteiger charge is 2.12. The summed E-state index contributed by atoms with van der Waals surface area (Å²) in [7, 11) is 0. The van der Waals surface area contributed by atoms with Gasteiger partial charge in [-0.25, -0.2) is 0 Å². The molecular formula is C16H15ClN2. The van der Waals surface area contributed by atoms with Crippen LogP contribution in [0.25, 0.3) is 10.9 Å². The SMILES string of the molecule is Cc1c(N)c2ccccc2n1Cc1ccccc1Cl. The lowest BCUT2D eigenvalue weighted by Gasteiger charge is -2.10. The van der Waals surface area contributed by atoms with Gasteiger partial charge in [0.1, 0.15) is 0 Å². The zero-order valence-electron chi connectivity index (χ0n) is 10.7. The van der Waals surface area contributed by atoms with E-state index in [2.05, 4.69) is 16.7 Å². The number of nitrogen functional groups attached to an aromatic ring is 1. The molecule has 0 spiro atoms. The van der Waals surface area contributed by atoms with E-state index in [1.54, 1.807) is 0 Å². The van der Waals surface area contributed by atoms with Gasteiger partial charge in [-0.3, -0.25) is 0 Å². The summed E-state index contributed by atoms with van der Waals surface area (Å²) in [5.74, 6) is 0. The van der Waals surface area contributed by atoms with Gasteiger partial charge in [0.25, 0.3) is 0 Å². The Kier molecular flexibility index (Phi) is 2.96. The molecule has 2 N–H and O–H groups in total. The molecule has 0 unspecified atom stereocenters. The summed E-state index contributed by atoms with van der Waals surface area (Å²) in [4.78, 5) is 0. The Bertz CT molecular complexity index is 744. The maximum Gasteiger partial charge on any atom is 0.0604 e. The Morgan fingerprint density at radius 1 is 1.05 bits per heavy atom. The molecule has 0 amide bonds. The van der Waals surface area contributed by atoms with Gasteiger partial charge in [-0.2, -0.15) is 0 Å². The number of nitrogens with zero attached hydrogens (tertiary/aromatic N) is 1. The summed E-state index contributed by atoms with van der Waals surface area (Å²) in [5.41, 5.74) is 10.4. The molecule has 3 heteroatoms. The highest BCUT2D eigenvalue weighted by molar-refractivity contribution is 6.31. The molecule has 0 saturated heterocycles. The summed E-state index contributed by atoms with van der Waals surface area (Å²) in [6, 6.07) is 16.1. The van der Waals surface area contributed by atoms with Gasteiger partial charge in [0, 0.05) is 22.6 Å². The van der Waals surface area contributed by atoms with Gasteiger partial charge in [-0.1, -0.05) is 48.0 Å². The van der Waals surface area contributed by atoms with Gasteiger partial charge < -0.3 is 10.3 Å². The fraction of sp³-hybridized carbons (Fsp3) is 0.125. The third kappa shape index (κ3) is 1.98. The number of anilines is 1. The van der Waals surface area contributed by atoms with Crippen LogP contribution in [0.5, 0.6) is 0 Å². The van der Waals surface area contributed by atoms with Gasteiger partial charge in [-0.15, -0.1) is 0 Å². The monoisotopic (exact) mass is 270 g/mol. The minimum absolute atomic E-state index is 0.739. The summed E-state index contributed by atoms with van der Waals surface area (Å²) >= 11 is 6.24. The van der Waals surface area contributed by atoms with Crippen molar-refractivity contribution in [3.05, 3.63) is 64.8 Å². The first-order chi connectivity index (χ1) is 9.18. The van der Waals surface area contributed by atoms with Crippen molar-refractivity contribution in [3.8, 4) is 0 Å². The summed E-state index contributed by atoms with van der Waals surface area (Å²) in [6.07, 6.45) is 0. The summed E-state index contributed by atoms with van der Waals surface area (Å²) < 4.78 is 2.21. The minimum Gasteiger partial charge on any atom is -0.397 e. The molecular weight excluding hydrogens is 256 g/mol. The number of fused-ring (bicyclic) bond motifs is 1. The number of rotatable bonds is 2. The Balaban J connectivity index is 2.16. The molecule has 0 aliphatic carbocycles. The van der Waals surface area contributed by atoms with Crippen LogP contribution in [-0.4, -0.2) is 4.57 Å². The molecule has 0 fully saturated rings. The molecule has 3 rings (SSSR count). The minimum atomic E-state index is 0.739. The average molecular weight is 271 g/mol. The summed E-state index contributed by atoms with van der Waals surface area (Å²) in [5, 5.41) is 1.89. The van der Waals surface area contributed by atoms with Crippen LogP contribution in [0, 0.1) is 6.92 Å². The zero-order chi connectivity index (χ0) is 13.4. The van der Waals surface area contributed by atoms with Crippen molar-refractivity contribution in [2.24, 2.45) is 0 Å². The van der Waals surface area contributed by atoms with Crippen molar-refractivity contribution < 1.29 is 0 Å². The second-order valence-corrected chi connectivity index (χ2v) is 5.10. The van der Waals surface area contributed by atoms with Crippen LogP contribution in [0.1, 0.15) is 11.3 Å². The molecule has 0 aliphatic heterocycles. The first-order valence-corrected chi connectivity index (χ1v) is 6.63. The van der Waals surface area contributed by atoms with E-state index in [4.69, 9.17) is 17.3 Å². The Labute approximate surface area is 117 Å². The van der Waals surface area contributed by atoms with Gasteiger partial charge in [-0.05, 0) is 24.6 Å². The van der Waals surface area contributed by atoms with E-state index in [9.17, 15) is 0 Å². The molecule has 0 atom stereocenters. The number of hydrogen-bond acceptors (Lipinski definition) is 1. The third-order valence-electron chi connectivity index (χ3n) is 3.57. The molecule has 0 bridgehead atoms. The van der Waals surface area contributed by atoms with Crippen LogP contribution in [-0.2, 0) is 6.54 Å². The lowest BCUT2D eigenvalue weighted by Crippen LogP contribution is -2.02. The Morgan fingerprint density at radius 2 is 1.74 bits per heavy atom. The largest absolute Gasteiger partial charge is 0.397 e. The van der Waals surface area contributed by atoms with Crippen molar-refractivity contribution >= 4 is 28.2 Å². The van der Waals surface area contributed by atoms with E-state index in [1.807, 2.05) is 43.3 Å². The van der Waals surface area contributed by atoms with Gasteiger partial charge >= 0.3 is 0 Å². The van der Waals surface area contributed by atoms with E-state index >= 15 is 0 Å². The van der Waals surface area contributed by atoms with Crippen molar-refractivity contribution in [2.45, 2.75) is 13.5 Å². The first-order valence-electron chi connectivity index (χ1n) is 6.25. The second kappa shape index (κ2) is 4.63.